The molecule has 1 N–H and O–H groups in total. The van der Waals surface area contributed by atoms with E-state index in [0.717, 1.165) is 35.2 Å². The highest BCUT2D eigenvalue weighted by molar-refractivity contribution is 8.00. The molecule has 0 spiro atoms. The van der Waals surface area contributed by atoms with Gasteiger partial charge < -0.3 is 9.73 Å². The second-order valence-electron chi connectivity index (χ2n) is 7.05. The van der Waals surface area contributed by atoms with Crippen LogP contribution < -0.4 is 5.32 Å². The molecule has 1 atom stereocenters. The Hall–Kier alpha value is -2.34. The predicted molar refractivity (Wildman–Crippen MR) is 108 cm³/mol. The van der Waals surface area contributed by atoms with E-state index in [9.17, 15) is 4.79 Å². The SMILES string of the molecule is C[C@H](Sc1nnc(C2CCCCC2)o1)C(=O)Nc1ccc2ccccc2c1. The average Bonchev–Trinajstić information content (AvgIpc) is 3.17. The summed E-state index contributed by atoms with van der Waals surface area (Å²) in [4.78, 5) is 12.5. The monoisotopic (exact) mass is 381 g/mol. The first kappa shape index (κ1) is 18.0. The molecule has 1 aliphatic rings. The number of nitrogens with zero attached hydrogens (tertiary/aromatic N) is 2. The van der Waals surface area contributed by atoms with Gasteiger partial charge in [0.2, 0.25) is 11.8 Å². The molecule has 2 aromatic carbocycles. The molecule has 1 amide bonds. The fourth-order valence-electron chi connectivity index (χ4n) is 3.50. The third kappa shape index (κ3) is 4.33. The van der Waals surface area contributed by atoms with E-state index in [4.69, 9.17) is 4.42 Å². The second-order valence-corrected chi connectivity index (χ2v) is 8.34. The smallest absolute Gasteiger partial charge is 0.277 e. The number of fused-ring (bicyclic) bond motifs is 1. The van der Waals surface area contributed by atoms with Crippen LogP contribution in [0.4, 0.5) is 5.69 Å². The molecule has 1 aliphatic carbocycles. The van der Waals surface area contributed by atoms with Crippen molar-refractivity contribution in [1.82, 2.24) is 10.2 Å². The molecule has 27 heavy (non-hydrogen) atoms. The number of amides is 1. The van der Waals surface area contributed by atoms with Crippen molar-refractivity contribution in [3.05, 3.63) is 48.4 Å². The molecule has 4 rings (SSSR count). The number of aromatic nitrogens is 2. The Labute approximate surface area is 162 Å². The van der Waals surface area contributed by atoms with Gasteiger partial charge in [0.1, 0.15) is 0 Å². The van der Waals surface area contributed by atoms with Crippen molar-refractivity contribution in [2.75, 3.05) is 5.32 Å². The molecule has 1 fully saturated rings. The van der Waals surface area contributed by atoms with Gasteiger partial charge in [-0.2, -0.15) is 0 Å². The quantitative estimate of drug-likeness (QED) is 0.600. The van der Waals surface area contributed by atoms with Crippen molar-refractivity contribution in [2.45, 2.75) is 55.4 Å². The van der Waals surface area contributed by atoms with Crippen molar-refractivity contribution in [3.63, 3.8) is 0 Å². The summed E-state index contributed by atoms with van der Waals surface area (Å²) in [5, 5.41) is 13.7. The number of thioether (sulfide) groups is 1. The Morgan fingerprint density at radius 3 is 2.70 bits per heavy atom. The highest BCUT2D eigenvalue weighted by atomic mass is 32.2. The minimum atomic E-state index is -0.323. The Kier molecular flexibility index (Phi) is 5.43. The van der Waals surface area contributed by atoms with Crippen LogP contribution in [0.5, 0.6) is 0 Å². The number of carbonyl (C=O) groups excluding carboxylic acids is 1. The molecule has 1 aromatic heterocycles. The number of hydrogen-bond donors (Lipinski definition) is 1. The third-order valence-electron chi connectivity index (χ3n) is 5.04. The average molecular weight is 382 g/mol. The molecular formula is C21H23N3O2S. The largest absolute Gasteiger partial charge is 0.416 e. The van der Waals surface area contributed by atoms with Gasteiger partial charge >= 0.3 is 0 Å². The topological polar surface area (TPSA) is 68.0 Å². The van der Waals surface area contributed by atoms with Crippen LogP contribution in [0.15, 0.2) is 52.1 Å². The Bertz CT molecular complexity index is 934. The standard InChI is InChI=1S/C21H23N3O2S/c1-14(27-21-24-23-20(26-21)16-8-3-2-4-9-16)19(25)22-18-12-11-15-7-5-6-10-17(15)13-18/h5-7,10-14,16H,2-4,8-9H2,1H3,(H,22,25)/t14-/m0/s1. The van der Waals surface area contributed by atoms with Crippen LogP contribution in [0.2, 0.25) is 0 Å². The molecule has 140 valence electrons. The first-order chi connectivity index (χ1) is 13.2. The number of nitrogens with one attached hydrogen (secondary N) is 1. The van der Waals surface area contributed by atoms with Gasteiger partial charge in [-0.1, -0.05) is 61.4 Å². The zero-order valence-electron chi connectivity index (χ0n) is 15.4. The first-order valence-corrected chi connectivity index (χ1v) is 10.4. The van der Waals surface area contributed by atoms with Crippen LogP contribution in [-0.4, -0.2) is 21.4 Å². The highest BCUT2D eigenvalue weighted by Crippen LogP contribution is 2.33. The fourth-order valence-corrected chi connectivity index (χ4v) is 4.19. The van der Waals surface area contributed by atoms with E-state index in [1.165, 1.54) is 31.0 Å². The summed E-state index contributed by atoms with van der Waals surface area (Å²) in [6.45, 7) is 1.85. The second kappa shape index (κ2) is 8.13. The summed E-state index contributed by atoms with van der Waals surface area (Å²) in [5.74, 6) is 1.02. The van der Waals surface area contributed by atoms with Gasteiger partial charge in [0.05, 0.1) is 5.25 Å². The normalized spacial score (nSPS) is 16.3. The third-order valence-corrected chi connectivity index (χ3v) is 5.97. The number of hydrogen-bond acceptors (Lipinski definition) is 5. The first-order valence-electron chi connectivity index (χ1n) is 9.49. The van der Waals surface area contributed by atoms with Gasteiger partial charge in [-0.15, -0.1) is 10.2 Å². The van der Waals surface area contributed by atoms with E-state index < -0.39 is 0 Å². The van der Waals surface area contributed by atoms with E-state index in [0.29, 0.717) is 11.1 Å². The number of rotatable bonds is 5. The molecule has 0 radical (unpaired) electrons. The summed E-state index contributed by atoms with van der Waals surface area (Å²) in [7, 11) is 0. The van der Waals surface area contributed by atoms with E-state index in [1.54, 1.807) is 0 Å². The highest BCUT2D eigenvalue weighted by Gasteiger charge is 2.23. The van der Waals surface area contributed by atoms with Gasteiger partial charge in [0.25, 0.3) is 5.22 Å². The minimum absolute atomic E-state index is 0.0762. The summed E-state index contributed by atoms with van der Waals surface area (Å²) in [6, 6.07) is 14.0. The van der Waals surface area contributed by atoms with Crippen LogP contribution >= 0.6 is 11.8 Å². The number of anilines is 1. The van der Waals surface area contributed by atoms with Gasteiger partial charge in [0, 0.05) is 11.6 Å². The van der Waals surface area contributed by atoms with Crippen LogP contribution in [0, 0.1) is 0 Å². The summed E-state index contributed by atoms with van der Waals surface area (Å²) in [6.07, 6.45) is 5.97. The maximum atomic E-state index is 12.5. The molecule has 3 aromatic rings. The summed E-state index contributed by atoms with van der Waals surface area (Å²) >= 11 is 1.31. The minimum Gasteiger partial charge on any atom is -0.416 e. The Morgan fingerprint density at radius 1 is 1.11 bits per heavy atom. The molecule has 1 saturated carbocycles. The van der Waals surface area contributed by atoms with Gasteiger partial charge in [-0.25, -0.2) is 0 Å². The van der Waals surface area contributed by atoms with Crippen LogP contribution in [0.25, 0.3) is 10.8 Å². The lowest BCUT2D eigenvalue weighted by atomic mass is 9.89. The fraction of sp³-hybridized carbons (Fsp3) is 0.381. The maximum absolute atomic E-state index is 12.5. The van der Waals surface area contributed by atoms with E-state index in [2.05, 4.69) is 21.6 Å². The zero-order chi connectivity index (χ0) is 18.6. The van der Waals surface area contributed by atoms with Crippen molar-refractivity contribution in [2.24, 2.45) is 0 Å². The molecule has 5 nitrogen and oxygen atoms in total. The number of benzene rings is 2. The lowest BCUT2D eigenvalue weighted by Gasteiger charge is -2.17. The zero-order valence-corrected chi connectivity index (χ0v) is 16.2. The van der Waals surface area contributed by atoms with Crippen molar-refractivity contribution in [1.29, 1.82) is 0 Å². The van der Waals surface area contributed by atoms with Crippen LogP contribution in [-0.2, 0) is 4.79 Å². The lowest BCUT2D eigenvalue weighted by Crippen LogP contribution is -2.22. The van der Waals surface area contributed by atoms with E-state index in [1.807, 2.05) is 43.3 Å². The van der Waals surface area contributed by atoms with Crippen LogP contribution in [0.3, 0.4) is 0 Å². The van der Waals surface area contributed by atoms with Crippen LogP contribution in [0.1, 0.15) is 50.8 Å². The lowest BCUT2D eigenvalue weighted by molar-refractivity contribution is -0.115. The molecule has 0 bridgehead atoms. The van der Waals surface area contributed by atoms with Gasteiger partial charge in [-0.05, 0) is 42.7 Å². The molecule has 0 aliphatic heterocycles. The van der Waals surface area contributed by atoms with Crippen molar-refractivity contribution >= 4 is 34.1 Å². The Balaban J connectivity index is 1.38. The summed E-state index contributed by atoms with van der Waals surface area (Å²) in [5.41, 5.74) is 0.791. The molecule has 6 heteroatoms. The van der Waals surface area contributed by atoms with E-state index >= 15 is 0 Å². The molecule has 0 saturated heterocycles. The summed E-state index contributed by atoms with van der Waals surface area (Å²) < 4.78 is 5.81. The molecular weight excluding hydrogens is 358 g/mol. The maximum Gasteiger partial charge on any atom is 0.277 e. The van der Waals surface area contributed by atoms with Gasteiger partial charge in [0.15, 0.2) is 0 Å². The van der Waals surface area contributed by atoms with Crippen molar-refractivity contribution < 1.29 is 9.21 Å². The molecule has 0 unspecified atom stereocenters. The van der Waals surface area contributed by atoms with Gasteiger partial charge in [-0.3, -0.25) is 4.79 Å². The van der Waals surface area contributed by atoms with E-state index in [-0.39, 0.29) is 11.2 Å². The van der Waals surface area contributed by atoms with Crippen molar-refractivity contribution in [3.8, 4) is 0 Å². The molecule has 1 heterocycles. The predicted octanol–water partition coefficient (Wildman–Crippen LogP) is 5.39. The Morgan fingerprint density at radius 2 is 1.89 bits per heavy atom. The number of carbonyl (C=O) groups is 1.